The Kier molecular flexibility index (Phi) is 7.62. The van der Waals surface area contributed by atoms with Crippen molar-refractivity contribution in [2.45, 2.75) is 13.5 Å². The van der Waals surface area contributed by atoms with Gasteiger partial charge >= 0.3 is 0 Å². The number of hydrogen-bond acceptors (Lipinski definition) is 4. The van der Waals surface area contributed by atoms with Gasteiger partial charge in [0.2, 0.25) is 0 Å². The van der Waals surface area contributed by atoms with Crippen LogP contribution in [0.4, 0.5) is 0 Å². The molecule has 0 radical (unpaired) electrons. The molecule has 188 valence electrons. The van der Waals surface area contributed by atoms with E-state index in [9.17, 15) is 4.79 Å². The zero-order chi connectivity index (χ0) is 26.3. The lowest BCUT2D eigenvalue weighted by molar-refractivity contribution is 0.0955. The molecule has 0 atom stereocenters. The van der Waals surface area contributed by atoms with Gasteiger partial charge in [0.15, 0.2) is 0 Å². The zero-order valence-corrected chi connectivity index (χ0v) is 21.5. The van der Waals surface area contributed by atoms with Gasteiger partial charge in [-0.3, -0.25) is 4.79 Å². The van der Waals surface area contributed by atoms with Gasteiger partial charge in [-0.15, -0.1) is 0 Å². The van der Waals surface area contributed by atoms with Crippen LogP contribution in [-0.4, -0.2) is 21.9 Å². The molecule has 1 heterocycles. The largest absolute Gasteiger partial charge is 0.489 e. The van der Waals surface area contributed by atoms with Crippen molar-refractivity contribution in [3.8, 4) is 22.7 Å². The standard InChI is InChI=1S/C31H25ClN4O2/c1-22-6-5-7-25(18-22)30-26(20-36(35-30)28-8-3-2-4-9-28)19-33-34-31(37)24-12-16-29(17-13-24)38-21-23-10-14-27(32)15-11-23/h2-20H,21H2,1H3,(H,34,37)/b33-19-. The molecule has 1 amide bonds. The minimum absolute atomic E-state index is 0.321. The first kappa shape index (κ1) is 25.0. The quantitative estimate of drug-likeness (QED) is 0.180. The van der Waals surface area contributed by atoms with E-state index >= 15 is 0 Å². The van der Waals surface area contributed by atoms with Crippen molar-refractivity contribution in [2.24, 2.45) is 5.10 Å². The number of carbonyl (C=O) groups excluding carboxylic acids is 1. The average molecular weight is 521 g/mol. The SMILES string of the molecule is Cc1cccc(-c2nn(-c3ccccc3)cc2/C=N\NC(=O)c2ccc(OCc3ccc(Cl)cc3)cc2)c1. The van der Waals surface area contributed by atoms with Crippen LogP contribution < -0.4 is 10.2 Å². The molecule has 0 aliphatic rings. The predicted molar refractivity (Wildman–Crippen MR) is 151 cm³/mol. The van der Waals surface area contributed by atoms with Gasteiger partial charge in [0.1, 0.15) is 18.1 Å². The Balaban J connectivity index is 1.27. The Labute approximate surface area is 226 Å². The number of hydrazone groups is 1. The topological polar surface area (TPSA) is 68.5 Å². The summed E-state index contributed by atoms with van der Waals surface area (Å²) in [6, 6.07) is 32.4. The van der Waals surface area contributed by atoms with E-state index in [0.29, 0.717) is 22.9 Å². The Hall–Kier alpha value is -4.68. The summed E-state index contributed by atoms with van der Waals surface area (Å²) in [5, 5.41) is 9.70. The normalized spacial score (nSPS) is 11.0. The molecule has 38 heavy (non-hydrogen) atoms. The summed E-state index contributed by atoms with van der Waals surface area (Å²) in [6.07, 6.45) is 3.51. The number of aryl methyl sites for hydroxylation is 1. The molecule has 1 N–H and O–H groups in total. The molecule has 1 aromatic heterocycles. The zero-order valence-electron chi connectivity index (χ0n) is 20.7. The maximum Gasteiger partial charge on any atom is 0.271 e. The number of hydrogen-bond donors (Lipinski definition) is 1. The smallest absolute Gasteiger partial charge is 0.271 e. The number of amides is 1. The average Bonchev–Trinajstić information content (AvgIpc) is 3.38. The summed E-state index contributed by atoms with van der Waals surface area (Å²) in [5.74, 6) is 0.342. The molecule has 5 rings (SSSR count). The number of ether oxygens (including phenoxy) is 1. The van der Waals surface area contributed by atoms with Crippen molar-refractivity contribution in [1.29, 1.82) is 0 Å². The monoisotopic (exact) mass is 520 g/mol. The first-order chi connectivity index (χ1) is 18.5. The van der Waals surface area contributed by atoms with Gasteiger partial charge in [-0.25, -0.2) is 10.1 Å². The Morgan fingerprint density at radius 2 is 1.74 bits per heavy atom. The number of aromatic nitrogens is 2. The summed E-state index contributed by atoms with van der Waals surface area (Å²) in [5.41, 5.74) is 8.69. The van der Waals surface area contributed by atoms with Gasteiger partial charge in [-0.2, -0.15) is 10.2 Å². The molecule has 7 heteroatoms. The molecule has 0 saturated carbocycles. The first-order valence-electron chi connectivity index (χ1n) is 12.1. The highest BCUT2D eigenvalue weighted by molar-refractivity contribution is 6.30. The van der Waals surface area contributed by atoms with E-state index in [2.05, 4.69) is 16.6 Å². The van der Waals surface area contributed by atoms with Crippen LogP contribution in [0, 0.1) is 6.92 Å². The van der Waals surface area contributed by atoms with Crippen LogP contribution in [0.5, 0.6) is 5.75 Å². The van der Waals surface area contributed by atoms with Crippen LogP contribution in [0.1, 0.15) is 27.0 Å². The van der Waals surface area contributed by atoms with Crippen LogP contribution in [0.2, 0.25) is 5.02 Å². The second kappa shape index (κ2) is 11.6. The minimum Gasteiger partial charge on any atom is -0.489 e. The van der Waals surface area contributed by atoms with E-state index < -0.39 is 0 Å². The van der Waals surface area contributed by atoms with Crippen molar-refractivity contribution < 1.29 is 9.53 Å². The van der Waals surface area contributed by atoms with Gasteiger partial charge in [-0.05, 0) is 67.1 Å². The summed E-state index contributed by atoms with van der Waals surface area (Å²) < 4.78 is 7.60. The first-order valence-corrected chi connectivity index (χ1v) is 12.5. The highest BCUT2D eigenvalue weighted by atomic mass is 35.5. The number of halogens is 1. The lowest BCUT2D eigenvalue weighted by Crippen LogP contribution is -2.17. The van der Waals surface area contributed by atoms with E-state index in [0.717, 1.165) is 33.6 Å². The number of para-hydroxylation sites is 1. The molecular formula is C31H25ClN4O2. The number of benzene rings is 4. The van der Waals surface area contributed by atoms with Crippen molar-refractivity contribution in [3.63, 3.8) is 0 Å². The van der Waals surface area contributed by atoms with Crippen molar-refractivity contribution in [3.05, 3.63) is 137 Å². The molecule has 5 aromatic rings. The van der Waals surface area contributed by atoms with E-state index in [4.69, 9.17) is 21.4 Å². The minimum atomic E-state index is -0.321. The van der Waals surface area contributed by atoms with Crippen LogP contribution >= 0.6 is 11.6 Å². The molecule has 0 aliphatic carbocycles. The van der Waals surface area contributed by atoms with Crippen LogP contribution in [-0.2, 0) is 6.61 Å². The van der Waals surface area contributed by atoms with Gasteiger partial charge in [-0.1, -0.05) is 65.7 Å². The van der Waals surface area contributed by atoms with Gasteiger partial charge in [0.25, 0.3) is 5.91 Å². The summed E-state index contributed by atoms with van der Waals surface area (Å²) in [6.45, 7) is 2.45. The molecule has 0 aliphatic heterocycles. The van der Waals surface area contributed by atoms with E-state index in [1.165, 1.54) is 0 Å². The second-order valence-corrected chi connectivity index (χ2v) is 9.16. The van der Waals surface area contributed by atoms with Crippen molar-refractivity contribution >= 4 is 23.7 Å². The fraction of sp³-hybridized carbons (Fsp3) is 0.0645. The second-order valence-electron chi connectivity index (χ2n) is 8.72. The predicted octanol–water partition coefficient (Wildman–Crippen LogP) is 6.84. The number of rotatable bonds is 8. The summed E-state index contributed by atoms with van der Waals surface area (Å²) in [7, 11) is 0. The highest BCUT2D eigenvalue weighted by Gasteiger charge is 2.12. The van der Waals surface area contributed by atoms with Crippen LogP contribution in [0.25, 0.3) is 16.9 Å². The number of carbonyl (C=O) groups is 1. The maximum absolute atomic E-state index is 12.7. The Morgan fingerprint density at radius 1 is 0.974 bits per heavy atom. The summed E-state index contributed by atoms with van der Waals surface area (Å²) >= 11 is 5.92. The molecule has 6 nitrogen and oxygen atoms in total. The molecule has 0 unspecified atom stereocenters. The van der Waals surface area contributed by atoms with Crippen molar-refractivity contribution in [2.75, 3.05) is 0 Å². The molecule has 0 fully saturated rings. The lowest BCUT2D eigenvalue weighted by Gasteiger charge is -2.07. The maximum atomic E-state index is 12.7. The fourth-order valence-electron chi connectivity index (χ4n) is 3.89. The van der Waals surface area contributed by atoms with E-state index in [1.807, 2.05) is 90.6 Å². The van der Waals surface area contributed by atoms with Gasteiger partial charge < -0.3 is 4.74 Å². The highest BCUT2D eigenvalue weighted by Crippen LogP contribution is 2.23. The van der Waals surface area contributed by atoms with E-state index in [1.54, 1.807) is 30.5 Å². The number of nitrogens with one attached hydrogen (secondary N) is 1. The van der Waals surface area contributed by atoms with Crippen LogP contribution in [0.15, 0.2) is 114 Å². The molecule has 4 aromatic carbocycles. The third kappa shape index (κ3) is 6.17. The molecule has 0 bridgehead atoms. The molecule has 0 spiro atoms. The van der Waals surface area contributed by atoms with Crippen molar-refractivity contribution in [1.82, 2.24) is 15.2 Å². The lowest BCUT2D eigenvalue weighted by atomic mass is 10.1. The molecular weight excluding hydrogens is 496 g/mol. The Bertz CT molecular complexity index is 1560. The third-order valence-corrected chi connectivity index (χ3v) is 6.11. The summed E-state index contributed by atoms with van der Waals surface area (Å²) in [4.78, 5) is 12.7. The fourth-order valence-corrected chi connectivity index (χ4v) is 4.01. The Morgan fingerprint density at radius 3 is 2.47 bits per heavy atom. The third-order valence-electron chi connectivity index (χ3n) is 5.86. The van der Waals surface area contributed by atoms with Gasteiger partial charge in [0, 0.05) is 27.9 Å². The van der Waals surface area contributed by atoms with Gasteiger partial charge in [0.05, 0.1) is 11.9 Å². The van der Waals surface area contributed by atoms with E-state index in [-0.39, 0.29) is 5.91 Å². The number of nitrogens with zero attached hydrogens (tertiary/aromatic N) is 3. The van der Waals surface area contributed by atoms with Crippen LogP contribution in [0.3, 0.4) is 0 Å². The molecule has 0 saturated heterocycles.